The van der Waals surface area contributed by atoms with Gasteiger partial charge in [0.15, 0.2) is 0 Å². The molecule has 1 unspecified atom stereocenters. The topological polar surface area (TPSA) is 46.2 Å². The van der Waals surface area contributed by atoms with Gasteiger partial charge in [0.25, 0.3) is 0 Å². The molecule has 0 amide bonds. The molecule has 0 radical (unpaired) electrons. The highest BCUT2D eigenvalue weighted by atomic mass is 79.9. The molecule has 1 aromatic carbocycles. The zero-order valence-electron chi connectivity index (χ0n) is 11.9. The molecule has 20 heavy (non-hydrogen) atoms. The molecule has 0 aliphatic carbocycles. The molecule has 114 valence electrons. The van der Waals surface area contributed by atoms with Gasteiger partial charge in [-0.05, 0) is 38.1 Å². The van der Waals surface area contributed by atoms with Crippen LogP contribution in [0.5, 0.6) is 0 Å². The third-order valence-electron chi connectivity index (χ3n) is 3.10. The van der Waals surface area contributed by atoms with Gasteiger partial charge in [0.05, 0.1) is 5.75 Å². The van der Waals surface area contributed by atoms with Crippen LogP contribution in [0, 0.1) is 0 Å². The first-order valence-electron chi connectivity index (χ1n) is 6.73. The number of thioether (sulfide) groups is 1. The Bertz CT molecular complexity index is 506. The summed E-state index contributed by atoms with van der Waals surface area (Å²) < 4.78 is 24.0. The van der Waals surface area contributed by atoms with E-state index in [0.29, 0.717) is 11.8 Å². The maximum absolute atomic E-state index is 11.5. The second-order valence-electron chi connectivity index (χ2n) is 4.63. The van der Waals surface area contributed by atoms with E-state index in [-0.39, 0.29) is 5.75 Å². The van der Waals surface area contributed by atoms with Gasteiger partial charge in [0.2, 0.25) is 0 Å². The Kier molecular flexibility index (Phi) is 8.17. The van der Waals surface area contributed by atoms with Gasteiger partial charge in [-0.25, -0.2) is 8.42 Å². The molecule has 0 saturated carbocycles. The van der Waals surface area contributed by atoms with E-state index in [1.54, 1.807) is 18.7 Å². The van der Waals surface area contributed by atoms with Crippen LogP contribution in [0.1, 0.15) is 19.8 Å². The van der Waals surface area contributed by atoms with Crippen LogP contribution < -0.4 is 5.32 Å². The molecule has 1 aromatic rings. The van der Waals surface area contributed by atoms with Crippen molar-refractivity contribution in [2.45, 2.75) is 30.7 Å². The maximum Gasteiger partial charge on any atom is 0.150 e. The average molecular weight is 380 g/mol. The van der Waals surface area contributed by atoms with Gasteiger partial charge in [-0.3, -0.25) is 0 Å². The molecule has 0 bridgehead atoms. The normalized spacial score (nSPS) is 13.3. The molecular weight excluding hydrogens is 358 g/mol. The standard InChI is InChI=1S/C14H22BrNO2S2/c1-3-20(17,18)9-5-7-13(16-2)11-19-14-8-4-6-12(15)10-14/h4,6,8,10,13,16H,3,5,7,9,11H2,1-2H3. The summed E-state index contributed by atoms with van der Waals surface area (Å²) in [5, 5.41) is 3.26. The van der Waals surface area contributed by atoms with Gasteiger partial charge in [0.1, 0.15) is 9.84 Å². The lowest BCUT2D eigenvalue weighted by molar-refractivity contribution is 0.554. The average Bonchev–Trinajstić information content (AvgIpc) is 2.42. The van der Waals surface area contributed by atoms with E-state index in [9.17, 15) is 8.42 Å². The van der Waals surface area contributed by atoms with Crippen molar-refractivity contribution in [3.8, 4) is 0 Å². The Morgan fingerprint density at radius 2 is 2.15 bits per heavy atom. The van der Waals surface area contributed by atoms with E-state index in [2.05, 4.69) is 33.4 Å². The van der Waals surface area contributed by atoms with Gasteiger partial charge in [-0.1, -0.05) is 28.9 Å². The molecule has 0 aliphatic rings. The van der Waals surface area contributed by atoms with E-state index >= 15 is 0 Å². The van der Waals surface area contributed by atoms with E-state index in [1.165, 1.54) is 4.90 Å². The van der Waals surface area contributed by atoms with Crippen LogP contribution in [0.4, 0.5) is 0 Å². The number of rotatable bonds is 9. The summed E-state index contributed by atoms with van der Waals surface area (Å²) in [5.74, 6) is 1.48. The first-order chi connectivity index (χ1) is 9.46. The number of hydrogen-bond acceptors (Lipinski definition) is 4. The van der Waals surface area contributed by atoms with Crippen LogP contribution in [-0.4, -0.2) is 38.8 Å². The molecule has 0 fully saturated rings. The molecule has 1 atom stereocenters. The molecule has 3 nitrogen and oxygen atoms in total. The summed E-state index contributed by atoms with van der Waals surface area (Å²) in [4.78, 5) is 1.22. The third-order valence-corrected chi connectivity index (χ3v) is 6.54. The number of nitrogens with one attached hydrogen (secondary N) is 1. The summed E-state index contributed by atoms with van der Waals surface area (Å²) >= 11 is 5.25. The van der Waals surface area contributed by atoms with Gasteiger partial charge in [-0.15, -0.1) is 11.8 Å². The van der Waals surface area contributed by atoms with Crippen LogP contribution >= 0.6 is 27.7 Å². The minimum atomic E-state index is -2.84. The van der Waals surface area contributed by atoms with Gasteiger partial charge >= 0.3 is 0 Å². The fraction of sp³-hybridized carbons (Fsp3) is 0.571. The van der Waals surface area contributed by atoms with E-state index in [4.69, 9.17) is 0 Å². The Morgan fingerprint density at radius 3 is 2.75 bits per heavy atom. The highest BCUT2D eigenvalue weighted by molar-refractivity contribution is 9.10. The number of halogens is 1. The molecule has 0 saturated heterocycles. The summed E-state index contributed by atoms with van der Waals surface area (Å²) in [7, 11) is -0.906. The SMILES string of the molecule is CCS(=O)(=O)CCCC(CSc1cccc(Br)c1)NC. The Balaban J connectivity index is 2.36. The van der Waals surface area contributed by atoms with Crippen molar-refractivity contribution >= 4 is 37.5 Å². The quantitative estimate of drug-likeness (QED) is 0.668. The Hall–Kier alpha value is -0.0400. The van der Waals surface area contributed by atoms with E-state index < -0.39 is 9.84 Å². The first-order valence-corrected chi connectivity index (χ1v) is 10.3. The van der Waals surface area contributed by atoms with Crippen molar-refractivity contribution in [1.82, 2.24) is 5.32 Å². The fourth-order valence-corrected chi connectivity index (χ4v) is 4.32. The molecule has 0 heterocycles. The number of benzene rings is 1. The van der Waals surface area contributed by atoms with Crippen molar-refractivity contribution in [3.05, 3.63) is 28.7 Å². The summed E-state index contributed by atoms with van der Waals surface area (Å²) in [5.41, 5.74) is 0. The Morgan fingerprint density at radius 1 is 1.40 bits per heavy atom. The van der Waals surface area contributed by atoms with Crippen LogP contribution in [0.15, 0.2) is 33.6 Å². The lowest BCUT2D eigenvalue weighted by atomic mass is 10.2. The molecule has 1 N–H and O–H groups in total. The van der Waals surface area contributed by atoms with Gasteiger partial charge in [-0.2, -0.15) is 0 Å². The fourth-order valence-electron chi connectivity index (χ4n) is 1.76. The minimum absolute atomic E-state index is 0.240. The molecule has 1 rings (SSSR count). The van der Waals surface area contributed by atoms with Crippen LogP contribution in [0.25, 0.3) is 0 Å². The lowest BCUT2D eigenvalue weighted by Crippen LogP contribution is -2.28. The van der Waals surface area contributed by atoms with Crippen molar-refractivity contribution in [1.29, 1.82) is 0 Å². The summed E-state index contributed by atoms with van der Waals surface area (Å²) in [6.07, 6.45) is 1.61. The monoisotopic (exact) mass is 379 g/mol. The lowest BCUT2D eigenvalue weighted by Gasteiger charge is -2.15. The second-order valence-corrected chi connectivity index (χ2v) is 9.11. The third kappa shape index (κ3) is 7.11. The molecule has 0 aliphatic heterocycles. The van der Waals surface area contributed by atoms with Gasteiger partial charge in [0, 0.05) is 26.9 Å². The highest BCUT2D eigenvalue weighted by Gasteiger charge is 2.11. The minimum Gasteiger partial charge on any atom is -0.316 e. The zero-order valence-corrected chi connectivity index (χ0v) is 15.2. The van der Waals surface area contributed by atoms with Gasteiger partial charge < -0.3 is 5.32 Å². The molecular formula is C14H22BrNO2S2. The smallest absolute Gasteiger partial charge is 0.150 e. The van der Waals surface area contributed by atoms with Crippen molar-refractivity contribution in [2.75, 3.05) is 24.3 Å². The van der Waals surface area contributed by atoms with Crippen LogP contribution in [0.3, 0.4) is 0 Å². The molecule has 0 spiro atoms. The Labute approximate surface area is 135 Å². The van der Waals surface area contributed by atoms with Crippen molar-refractivity contribution < 1.29 is 8.42 Å². The molecule has 0 aromatic heterocycles. The predicted octanol–water partition coefficient (Wildman–Crippen LogP) is 3.34. The largest absolute Gasteiger partial charge is 0.316 e. The second kappa shape index (κ2) is 9.07. The maximum atomic E-state index is 11.5. The number of sulfone groups is 1. The van der Waals surface area contributed by atoms with E-state index in [0.717, 1.165) is 23.1 Å². The highest BCUT2D eigenvalue weighted by Crippen LogP contribution is 2.23. The van der Waals surface area contributed by atoms with Crippen molar-refractivity contribution in [2.24, 2.45) is 0 Å². The summed E-state index contributed by atoms with van der Waals surface area (Å²) in [6, 6.07) is 8.55. The zero-order chi connectivity index (χ0) is 15.0. The van der Waals surface area contributed by atoms with Crippen LogP contribution in [-0.2, 0) is 9.84 Å². The molecule has 6 heteroatoms. The first kappa shape index (κ1) is 18.0. The summed E-state index contributed by atoms with van der Waals surface area (Å²) in [6.45, 7) is 1.70. The van der Waals surface area contributed by atoms with Crippen molar-refractivity contribution in [3.63, 3.8) is 0 Å². The predicted molar refractivity (Wildman–Crippen MR) is 91.3 cm³/mol. The number of hydrogen-bond donors (Lipinski definition) is 1. The van der Waals surface area contributed by atoms with E-state index in [1.807, 2.05) is 19.2 Å². The van der Waals surface area contributed by atoms with Crippen LogP contribution in [0.2, 0.25) is 0 Å².